The maximum absolute atomic E-state index is 11.8. The fourth-order valence-corrected chi connectivity index (χ4v) is 1.84. The van der Waals surface area contributed by atoms with Gasteiger partial charge < -0.3 is 10.1 Å². The Morgan fingerprint density at radius 3 is 2.60 bits per heavy atom. The van der Waals surface area contributed by atoms with Crippen molar-refractivity contribution >= 4 is 34.9 Å². The highest BCUT2D eigenvalue weighted by Crippen LogP contribution is 2.22. The molecule has 0 atom stereocenters. The van der Waals surface area contributed by atoms with Gasteiger partial charge in [0.15, 0.2) is 5.82 Å². The molecule has 0 spiro atoms. The maximum atomic E-state index is 11.8. The summed E-state index contributed by atoms with van der Waals surface area (Å²) in [6, 6.07) is 8.27. The molecule has 7 heteroatoms. The number of nitrogens with zero attached hydrogens (tertiary/aromatic N) is 2. The Kier molecular flexibility index (Phi) is 4.76. The van der Waals surface area contributed by atoms with E-state index in [1.165, 1.54) is 7.11 Å². The Hall–Kier alpha value is -1.85. The Morgan fingerprint density at radius 2 is 2.00 bits per heavy atom. The highest BCUT2D eigenvalue weighted by atomic mass is 35.5. The second kappa shape index (κ2) is 6.54. The molecule has 1 aromatic carbocycles. The smallest absolute Gasteiger partial charge is 0.233 e. The lowest BCUT2D eigenvalue weighted by Crippen LogP contribution is -2.15. The van der Waals surface area contributed by atoms with E-state index in [1.54, 1.807) is 30.3 Å². The number of methoxy groups -OCH3 is 1. The number of rotatable bonds is 4. The van der Waals surface area contributed by atoms with Crippen molar-refractivity contribution in [1.29, 1.82) is 0 Å². The summed E-state index contributed by atoms with van der Waals surface area (Å²) in [7, 11) is 1.49. The number of hydrogen-bond acceptors (Lipinski definition) is 4. The van der Waals surface area contributed by atoms with Crippen LogP contribution in [0.4, 0.5) is 5.82 Å². The van der Waals surface area contributed by atoms with Gasteiger partial charge in [-0.1, -0.05) is 29.3 Å². The van der Waals surface area contributed by atoms with Gasteiger partial charge in [-0.15, -0.1) is 10.2 Å². The van der Waals surface area contributed by atoms with Crippen LogP contribution in [-0.4, -0.2) is 23.2 Å². The summed E-state index contributed by atoms with van der Waals surface area (Å²) in [5, 5.41) is 11.1. The molecule has 20 heavy (non-hydrogen) atoms. The lowest BCUT2D eigenvalue weighted by Gasteiger charge is -2.05. The zero-order valence-electron chi connectivity index (χ0n) is 10.6. The van der Waals surface area contributed by atoms with Gasteiger partial charge in [-0.2, -0.15) is 0 Å². The number of carbonyl (C=O) groups excluding carboxylic acids is 1. The highest BCUT2D eigenvalue weighted by molar-refractivity contribution is 6.42. The second-order valence-electron chi connectivity index (χ2n) is 3.93. The Labute approximate surface area is 125 Å². The van der Waals surface area contributed by atoms with E-state index in [-0.39, 0.29) is 12.3 Å². The molecule has 1 heterocycles. The average molecular weight is 312 g/mol. The molecule has 0 aliphatic heterocycles. The molecule has 5 nitrogen and oxygen atoms in total. The molecule has 1 aromatic heterocycles. The molecule has 0 saturated heterocycles. The summed E-state index contributed by atoms with van der Waals surface area (Å²) < 4.78 is 4.88. The number of aromatic nitrogens is 2. The van der Waals surface area contributed by atoms with Gasteiger partial charge in [-0.3, -0.25) is 4.79 Å². The molecule has 0 bridgehead atoms. The van der Waals surface area contributed by atoms with E-state index in [9.17, 15) is 4.79 Å². The van der Waals surface area contributed by atoms with Crippen LogP contribution in [0, 0.1) is 0 Å². The third kappa shape index (κ3) is 3.82. The van der Waals surface area contributed by atoms with Gasteiger partial charge in [0.2, 0.25) is 11.8 Å². The minimum Gasteiger partial charge on any atom is -0.480 e. The zero-order valence-corrected chi connectivity index (χ0v) is 12.1. The average Bonchev–Trinajstić information content (AvgIpc) is 2.44. The monoisotopic (exact) mass is 311 g/mol. The summed E-state index contributed by atoms with van der Waals surface area (Å²) in [5.41, 5.74) is 0.762. The van der Waals surface area contributed by atoms with Crippen LogP contribution < -0.4 is 10.1 Å². The fourth-order valence-electron chi connectivity index (χ4n) is 1.52. The quantitative estimate of drug-likeness (QED) is 0.942. The van der Waals surface area contributed by atoms with Crippen molar-refractivity contribution < 1.29 is 9.53 Å². The largest absolute Gasteiger partial charge is 0.480 e. The number of halogens is 2. The van der Waals surface area contributed by atoms with Gasteiger partial charge in [-0.25, -0.2) is 0 Å². The van der Waals surface area contributed by atoms with Crippen molar-refractivity contribution in [3.05, 3.63) is 45.9 Å². The van der Waals surface area contributed by atoms with E-state index in [2.05, 4.69) is 15.5 Å². The molecular formula is C13H11Cl2N3O2. The van der Waals surface area contributed by atoms with Gasteiger partial charge in [0.25, 0.3) is 0 Å². The SMILES string of the molecule is COc1ccc(NC(=O)Cc2ccc(Cl)c(Cl)c2)nn1. The number of nitrogens with one attached hydrogen (secondary N) is 1. The van der Waals surface area contributed by atoms with Crippen LogP contribution in [-0.2, 0) is 11.2 Å². The van der Waals surface area contributed by atoms with Gasteiger partial charge in [-0.05, 0) is 23.8 Å². The predicted molar refractivity (Wildman–Crippen MR) is 77.4 cm³/mol. The van der Waals surface area contributed by atoms with Crippen LogP contribution in [0.1, 0.15) is 5.56 Å². The lowest BCUT2D eigenvalue weighted by atomic mass is 10.1. The van der Waals surface area contributed by atoms with E-state index < -0.39 is 0 Å². The lowest BCUT2D eigenvalue weighted by molar-refractivity contribution is -0.115. The molecule has 2 rings (SSSR count). The summed E-state index contributed by atoms with van der Waals surface area (Å²) >= 11 is 11.7. The molecule has 1 N–H and O–H groups in total. The maximum Gasteiger partial charge on any atom is 0.233 e. The summed E-state index contributed by atoms with van der Waals surface area (Å²) in [6.45, 7) is 0. The Bertz CT molecular complexity index is 618. The molecule has 1 amide bonds. The summed E-state index contributed by atoms with van der Waals surface area (Å²) in [6.07, 6.45) is 0.171. The summed E-state index contributed by atoms with van der Waals surface area (Å²) in [5.74, 6) is 0.520. The van der Waals surface area contributed by atoms with Gasteiger partial charge >= 0.3 is 0 Å². The van der Waals surface area contributed by atoms with E-state index in [1.807, 2.05) is 0 Å². The standard InChI is InChI=1S/C13H11Cl2N3O2/c1-20-13-5-4-11(17-18-13)16-12(19)7-8-2-3-9(14)10(15)6-8/h2-6H,7H2,1H3,(H,16,17,19). The highest BCUT2D eigenvalue weighted by Gasteiger charge is 2.07. The molecule has 0 radical (unpaired) electrons. The van der Waals surface area contributed by atoms with Gasteiger partial charge in [0.1, 0.15) is 0 Å². The van der Waals surface area contributed by atoms with Crippen molar-refractivity contribution in [2.45, 2.75) is 6.42 Å². The van der Waals surface area contributed by atoms with Crippen LogP contribution in [0.2, 0.25) is 10.0 Å². The van der Waals surface area contributed by atoms with Crippen LogP contribution in [0.25, 0.3) is 0 Å². The van der Waals surface area contributed by atoms with Crippen molar-refractivity contribution in [2.24, 2.45) is 0 Å². The van der Waals surface area contributed by atoms with Crippen LogP contribution in [0.3, 0.4) is 0 Å². The number of ether oxygens (including phenoxy) is 1. The first-order chi connectivity index (χ1) is 9.58. The summed E-state index contributed by atoms with van der Waals surface area (Å²) in [4.78, 5) is 11.8. The first-order valence-electron chi connectivity index (χ1n) is 5.70. The minimum atomic E-state index is -0.220. The zero-order chi connectivity index (χ0) is 14.5. The molecule has 2 aromatic rings. The van der Waals surface area contributed by atoms with E-state index in [0.29, 0.717) is 21.7 Å². The number of amides is 1. The first kappa shape index (κ1) is 14.6. The minimum absolute atomic E-state index is 0.171. The van der Waals surface area contributed by atoms with Crippen molar-refractivity contribution in [2.75, 3.05) is 12.4 Å². The van der Waals surface area contributed by atoms with Gasteiger partial charge in [0.05, 0.1) is 23.6 Å². The Balaban J connectivity index is 1.99. The first-order valence-corrected chi connectivity index (χ1v) is 6.45. The Morgan fingerprint density at radius 1 is 1.20 bits per heavy atom. The molecule has 0 saturated carbocycles. The molecular weight excluding hydrogens is 301 g/mol. The molecule has 0 aliphatic rings. The van der Waals surface area contributed by atoms with E-state index >= 15 is 0 Å². The van der Waals surface area contributed by atoms with Gasteiger partial charge in [0, 0.05) is 6.07 Å². The number of anilines is 1. The van der Waals surface area contributed by atoms with Crippen molar-refractivity contribution in [1.82, 2.24) is 10.2 Å². The van der Waals surface area contributed by atoms with Crippen LogP contribution in [0.15, 0.2) is 30.3 Å². The third-order valence-corrected chi connectivity index (χ3v) is 3.20. The number of benzene rings is 1. The van der Waals surface area contributed by atoms with E-state index in [4.69, 9.17) is 27.9 Å². The predicted octanol–water partition coefficient (Wildman–Crippen LogP) is 2.97. The molecule has 0 aliphatic carbocycles. The normalized spacial score (nSPS) is 10.2. The van der Waals surface area contributed by atoms with Crippen molar-refractivity contribution in [3.8, 4) is 5.88 Å². The fraction of sp³-hybridized carbons (Fsp3) is 0.154. The van der Waals surface area contributed by atoms with Crippen molar-refractivity contribution in [3.63, 3.8) is 0 Å². The van der Waals surface area contributed by atoms with E-state index in [0.717, 1.165) is 5.56 Å². The van der Waals surface area contributed by atoms with Crippen LogP contribution >= 0.6 is 23.2 Å². The second-order valence-corrected chi connectivity index (χ2v) is 4.75. The number of carbonyl (C=O) groups is 1. The topological polar surface area (TPSA) is 64.1 Å². The third-order valence-electron chi connectivity index (χ3n) is 2.47. The molecule has 0 unspecified atom stereocenters. The number of hydrogen-bond donors (Lipinski definition) is 1. The molecule has 0 fully saturated rings. The van der Waals surface area contributed by atoms with Crippen LogP contribution in [0.5, 0.6) is 5.88 Å². The molecule has 104 valence electrons.